The highest BCUT2D eigenvalue weighted by Gasteiger charge is 2.23. The number of ether oxygens (including phenoxy) is 2. The van der Waals surface area contributed by atoms with Crippen LogP contribution in [0.1, 0.15) is 47.8 Å². The van der Waals surface area contributed by atoms with Crippen molar-refractivity contribution < 1.29 is 27.1 Å². The van der Waals surface area contributed by atoms with Gasteiger partial charge in [-0.15, -0.1) is 0 Å². The zero-order valence-corrected chi connectivity index (χ0v) is 22.2. The summed E-state index contributed by atoms with van der Waals surface area (Å²) in [5, 5.41) is 0. The molecule has 37 heavy (non-hydrogen) atoms. The lowest BCUT2D eigenvalue weighted by Gasteiger charge is -2.24. The summed E-state index contributed by atoms with van der Waals surface area (Å²) in [5.41, 5.74) is 2.00. The van der Waals surface area contributed by atoms with Crippen molar-refractivity contribution in [2.75, 3.05) is 25.2 Å². The van der Waals surface area contributed by atoms with Crippen LogP contribution in [0.25, 0.3) is 23.3 Å². The Morgan fingerprint density at radius 2 is 1.73 bits per heavy atom. The zero-order valence-electron chi connectivity index (χ0n) is 21.4. The van der Waals surface area contributed by atoms with Gasteiger partial charge in [-0.25, -0.2) is 17.6 Å². The van der Waals surface area contributed by atoms with Crippen LogP contribution in [0.2, 0.25) is 0 Å². The molecule has 0 spiro atoms. The lowest BCUT2D eigenvalue weighted by atomic mass is 9.83. The van der Waals surface area contributed by atoms with Gasteiger partial charge in [0.05, 0.1) is 26.0 Å². The molecule has 0 aliphatic rings. The number of H-pyrrole nitrogens is 1. The van der Waals surface area contributed by atoms with Crippen LogP contribution in [0.3, 0.4) is 0 Å². The minimum absolute atomic E-state index is 0.139. The molecule has 2 aromatic carbocycles. The molecule has 0 fully saturated rings. The summed E-state index contributed by atoms with van der Waals surface area (Å²) in [6.07, 6.45) is 5.36. The first-order valence-corrected chi connectivity index (χ1v) is 13.1. The van der Waals surface area contributed by atoms with Crippen LogP contribution in [0.15, 0.2) is 47.4 Å². The van der Waals surface area contributed by atoms with E-state index in [0.29, 0.717) is 22.4 Å². The van der Waals surface area contributed by atoms with Gasteiger partial charge in [-0.2, -0.15) is 0 Å². The number of sulfonamides is 1. The van der Waals surface area contributed by atoms with Gasteiger partial charge < -0.3 is 14.5 Å². The first kappa shape index (κ1) is 27.7. The minimum Gasteiger partial charge on any atom is -0.496 e. The van der Waals surface area contributed by atoms with E-state index in [-0.39, 0.29) is 22.2 Å². The molecule has 1 heterocycles. The molecular weight excluding hydrogens is 499 g/mol. The number of aromatic amines is 1. The van der Waals surface area contributed by atoms with Crippen LogP contribution >= 0.6 is 0 Å². The maximum absolute atomic E-state index is 14.0. The van der Waals surface area contributed by atoms with Crippen molar-refractivity contribution in [3.63, 3.8) is 0 Å². The maximum atomic E-state index is 14.0. The normalized spacial score (nSPS) is 12.0. The third kappa shape index (κ3) is 6.65. The number of methoxy groups -OCH3 is 2. The van der Waals surface area contributed by atoms with Crippen molar-refractivity contribution in [2.24, 2.45) is 0 Å². The molecule has 0 saturated carbocycles. The number of carbonyl (C=O) groups is 1. The van der Waals surface area contributed by atoms with E-state index in [1.807, 2.05) is 20.8 Å². The Labute approximate surface area is 215 Å². The van der Waals surface area contributed by atoms with Gasteiger partial charge >= 0.3 is 5.97 Å². The van der Waals surface area contributed by atoms with Crippen LogP contribution in [0.4, 0.5) is 10.1 Å². The van der Waals surface area contributed by atoms with Crippen LogP contribution in [-0.2, 0) is 20.2 Å². The molecule has 196 valence electrons. The standard InChI is InChI=1S/C27H29FN2O6S/c1-27(2,3)23-12-18(21-13-19(28)15-29-25(21)31)11-17(24(23)35-4)8-7-16-9-10-20(30-37(6,33)34)14-22(16)26(32)36-5/h7-15,30H,1-6H3,(H,29,31). The van der Waals surface area contributed by atoms with E-state index in [4.69, 9.17) is 9.47 Å². The highest BCUT2D eigenvalue weighted by Crippen LogP contribution is 2.38. The summed E-state index contributed by atoms with van der Waals surface area (Å²) in [7, 11) is -0.794. The van der Waals surface area contributed by atoms with Crippen molar-refractivity contribution in [1.82, 2.24) is 4.98 Å². The number of esters is 1. The fourth-order valence-corrected chi connectivity index (χ4v) is 4.39. The number of rotatable bonds is 7. The molecule has 0 bridgehead atoms. The molecule has 0 unspecified atom stereocenters. The summed E-state index contributed by atoms with van der Waals surface area (Å²) in [5.74, 6) is -0.681. The maximum Gasteiger partial charge on any atom is 0.338 e. The molecule has 0 saturated heterocycles. The van der Waals surface area contributed by atoms with Gasteiger partial charge in [0.15, 0.2) is 0 Å². The average molecular weight is 529 g/mol. The number of anilines is 1. The molecule has 0 atom stereocenters. The van der Waals surface area contributed by atoms with Gasteiger partial charge in [0.25, 0.3) is 5.56 Å². The summed E-state index contributed by atoms with van der Waals surface area (Å²) in [6.45, 7) is 5.96. The molecule has 3 aromatic rings. The number of aromatic nitrogens is 1. The third-order valence-electron chi connectivity index (χ3n) is 5.51. The number of nitrogens with one attached hydrogen (secondary N) is 2. The van der Waals surface area contributed by atoms with Crippen molar-refractivity contribution in [3.05, 3.63) is 81.0 Å². The summed E-state index contributed by atoms with van der Waals surface area (Å²) >= 11 is 0. The second-order valence-corrected chi connectivity index (χ2v) is 11.2. The minimum atomic E-state index is -3.55. The number of carbonyl (C=O) groups excluding carboxylic acids is 1. The third-order valence-corrected chi connectivity index (χ3v) is 6.12. The average Bonchev–Trinajstić information content (AvgIpc) is 2.82. The number of pyridine rings is 1. The lowest BCUT2D eigenvalue weighted by molar-refractivity contribution is 0.0600. The van der Waals surface area contributed by atoms with Crippen molar-refractivity contribution in [3.8, 4) is 16.9 Å². The van der Waals surface area contributed by atoms with Crippen molar-refractivity contribution in [2.45, 2.75) is 26.2 Å². The van der Waals surface area contributed by atoms with Crippen LogP contribution in [0.5, 0.6) is 5.75 Å². The predicted molar refractivity (Wildman–Crippen MR) is 143 cm³/mol. The quantitative estimate of drug-likeness (QED) is 0.336. The molecule has 8 nitrogen and oxygen atoms in total. The Hall–Kier alpha value is -3.92. The van der Waals surface area contributed by atoms with Crippen molar-refractivity contribution in [1.29, 1.82) is 0 Å². The van der Waals surface area contributed by atoms with Gasteiger partial charge in [-0.3, -0.25) is 9.52 Å². The molecule has 1 aromatic heterocycles. The van der Waals surface area contributed by atoms with E-state index in [2.05, 4.69) is 9.71 Å². The fraction of sp³-hybridized carbons (Fsp3) is 0.259. The first-order chi connectivity index (χ1) is 17.2. The molecule has 10 heteroatoms. The van der Waals surface area contributed by atoms with Gasteiger partial charge in [0, 0.05) is 28.6 Å². The second kappa shape index (κ2) is 10.6. The highest BCUT2D eigenvalue weighted by atomic mass is 32.2. The zero-order chi connectivity index (χ0) is 27.5. The molecule has 0 aliphatic heterocycles. The number of hydrogen-bond donors (Lipinski definition) is 2. The predicted octanol–water partition coefficient (Wildman–Crippen LogP) is 4.82. The SMILES string of the molecule is COC(=O)c1cc(NS(C)(=O)=O)ccc1C=Cc1cc(-c2cc(F)c[nH]c2=O)cc(C(C)(C)C)c1OC. The van der Waals surface area contributed by atoms with E-state index in [1.54, 1.807) is 30.4 Å². The Morgan fingerprint density at radius 1 is 1.05 bits per heavy atom. The van der Waals surface area contributed by atoms with E-state index < -0.39 is 27.4 Å². The van der Waals surface area contributed by atoms with E-state index >= 15 is 0 Å². The second-order valence-electron chi connectivity index (χ2n) is 9.46. The first-order valence-electron chi connectivity index (χ1n) is 11.2. The van der Waals surface area contributed by atoms with Crippen molar-refractivity contribution >= 4 is 33.8 Å². The van der Waals surface area contributed by atoms with Gasteiger partial charge in [-0.1, -0.05) is 39.0 Å². The Balaban J connectivity index is 2.22. The molecule has 0 amide bonds. The Bertz CT molecular complexity index is 1540. The van der Waals surface area contributed by atoms with Gasteiger partial charge in [0.2, 0.25) is 10.0 Å². The van der Waals surface area contributed by atoms with Gasteiger partial charge in [-0.05, 0) is 46.9 Å². The number of benzene rings is 2. The summed E-state index contributed by atoms with van der Waals surface area (Å²) < 4.78 is 50.2. The van der Waals surface area contributed by atoms with E-state index in [1.165, 1.54) is 32.4 Å². The van der Waals surface area contributed by atoms with E-state index in [9.17, 15) is 22.4 Å². The molecule has 0 radical (unpaired) electrons. The molecule has 3 rings (SSSR count). The molecule has 0 aliphatic carbocycles. The molecular formula is C27H29FN2O6S. The number of hydrogen-bond acceptors (Lipinski definition) is 6. The lowest BCUT2D eigenvalue weighted by Crippen LogP contribution is -2.15. The summed E-state index contributed by atoms with van der Waals surface area (Å²) in [6, 6.07) is 9.15. The smallest absolute Gasteiger partial charge is 0.338 e. The fourth-order valence-electron chi connectivity index (χ4n) is 3.83. The topological polar surface area (TPSA) is 115 Å². The Morgan fingerprint density at radius 3 is 2.32 bits per heavy atom. The van der Waals surface area contributed by atoms with Crippen LogP contribution in [-0.4, -0.2) is 39.8 Å². The van der Waals surface area contributed by atoms with E-state index in [0.717, 1.165) is 18.0 Å². The summed E-state index contributed by atoms with van der Waals surface area (Å²) in [4.78, 5) is 27.3. The number of halogens is 1. The van der Waals surface area contributed by atoms with Crippen LogP contribution in [0, 0.1) is 5.82 Å². The highest BCUT2D eigenvalue weighted by molar-refractivity contribution is 7.92. The largest absolute Gasteiger partial charge is 0.496 e. The Kier molecular flexibility index (Phi) is 7.92. The molecule has 2 N–H and O–H groups in total. The monoisotopic (exact) mass is 528 g/mol. The van der Waals surface area contributed by atoms with Gasteiger partial charge in [0.1, 0.15) is 11.6 Å². The van der Waals surface area contributed by atoms with Crippen LogP contribution < -0.4 is 15.0 Å².